The molecule has 2 heterocycles. The lowest BCUT2D eigenvalue weighted by Gasteiger charge is -2.03. The topological polar surface area (TPSA) is 50.8 Å². The molecule has 4 rings (SSSR count). The van der Waals surface area contributed by atoms with Gasteiger partial charge >= 0.3 is 0 Å². The van der Waals surface area contributed by atoms with Crippen molar-refractivity contribution in [3.8, 4) is 28.3 Å². The molecule has 0 aliphatic rings. The molecular formula is C19H14ClN3O. The predicted molar refractivity (Wildman–Crippen MR) is 96.3 cm³/mol. The second-order valence-electron chi connectivity index (χ2n) is 5.41. The van der Waals surface area contributed by atoms with Gasteiger partial charge in [0.05, 0.1) is 24.0 Å². The van der Waals surface area contributed by atoms with Crippen molar-refractivity contribution >= 4 is 22.5 Å². The summed E-state index contributed by atoms with van der Waals surface area (Å²) in [6.07, 6.45) is 0. The van der Waals surface area contributed by atoms with Gasteiger partial charge in [0.15, 0.2) is 0 Å². The Bertz CT molecular complexity index is 1010. The second kappa shape index (κ2) is 5.98. The van der Waals surface area contributed by atoms with Gasteiger partial charge in [0.25, 0.3) is 0 Å². The summed E-state index contributed by atoms with van der Waals surface area (Å²) >= 11 is 6.36. The molecule has 0 aliphatic carbocycles. The molecule has 0 radical (unpaired) electrons. The van der Waals surface area contributed by atoms with Crippen molar-refractivity contribution in [3.05, 3.63) is 65.8 Å². The highest BCUT2D eigenvalue weighted by molar-refractivity contribution is 6.32. The molecular weight excluding hydrogens is 322 g/mol. The Morgan fingerprint density at radius 3 is 2.58 bits per heavy atom. The van der Waals surface area contributed by atoms with Crippen molar-refractivity contribution in [3.63, 3.8) is 0 Å². The van der Waals surface area contributed by atoms with E-state index in [1.807, 2.05) is 60.7 Å². The molecule has 24 heavy (non-hydrogen) atoms. The van der Waals surface area contributed by atoms with Crippen LogP contribution in [-0.4, -0.2) is 22.3 Å². The molecule has 0 atom stereocenters. The van der Waals surface area contributed by atoms with Crippen LogP contribution in [0.5, 0.6) is 5.75 Å². The average molecular weight is 336 g/mol. The maximum atomic E-state index is 6.36. The van der Waals surface area contributed by atoms with Crippen LogP contribution in [0.1, 0.15) is 0 Å². The van der Waals surface area contributed by atoms with Gasteiger partial charge in [-0.05, 0) is 42.5 Å². The third-order valence-electron chi connectivity index (χ3n) is 3.93. The second-order valence-corrected chi connectivity index (χ2v) is 5.77. The molecule has 4 aromatic rings. The Kier molecular flexibility index (Phi) is 3.67. The molecule has 0 unspecified atom stereocenters. The molecule has 4 nitrogen and oxygen atoms in total. The van der Waals surface area contributed by atoms with Gasteiger partial charge in [0, 0.05) is 16.5 Å². The quantitative estimate of drug-likeness (QED) is 0.539. The van der Waals surface area contributed by atoms with E-state index in [4.69, 9.17) is 16.3 Å². The third kappa shape index (κ3) is 2.61. The van der Waals surface area contributed by atoms with E-state index in [1.165, 1.54) is 0 Å². The Morgan fingerprint density at radius 1 is 1.00 bits per heavy atom. The van der Waals surface area contributed by atoms with E-state index in [-0.39, 0.29) is 0 Å². The summed E-state index contributed by atoms with van der Waals surface area (Å²) in [5.41, 5.74) is 4.40. The van der Waals surface area contributed by atoms with Crippen LogP contribution in [0.15, 0.2) is 60.7 Å². The number of hydrogen-bond acceptors (Lipinski definition) is 3. The number of halogens is 1. The number of pyridine rings is 1. The van der Waals surface area contributed by atoms with Crippen LogP contribution < -0.4 is 4.74 Å². The molecule has 5 heteroatoms. The van der Waals surface area contributed by atoms with Crippen molar-refractivity contribution < 1.29 is 4.74 Å². The number of H-pyrrole nitrogens is 1. The van der Waals surface area contributed by atoms with Crippen molar-refractivity contribution in [1.82, 2.24) is 15.2 Å². The normalized spacial score (nSPS) is 10.9. The van der Waals surface area contributed by atoms with E-state index in [9.17, 15) is 0 Å². The molecule has 118 valence electrons. The molecule has 1 N–H and O–H groups in total. The zero-order valence-corrected chi connectivity index (χ0v) is 13.7. The van der Waals surface area contributed by atoms with Crippen LogP contribution in [0.2, 0.25) is 5.15 Å². The molecule has 2 aromatic carbocycles. The fourth-order valence-corrected chi connectivity index (χ4v) is 2.90. The minimum absolute atomic E-state index is 0.457. The van der Waals surface area contributed by atoms with Crippen LogP contribution in [0.25, 0.3) is 33.4 Å². The van der Waals surface area contributed by atoms with Crippen molar-refractivity contribution in [2.45, 2.75) is 0 Å². The Hall–Kier alpha value is -2.85. The smallest absolute Gasteiger partial charge is 0.139 e. The van der Waals surface area contributed by atoms with E-state index in [2.05, 4.69) is 15.2 Å². The largest absolute Gasteiger partial charge is 0.497 e. The highest BCUT2D eigenvalue weighted by atomic mass is 35.5. The minimum atomic E-state index is 0.457. The lowest BCUT2D eigenvalue weighted by Crippen LogP contribution is -1.86. The predicted octanol–water partition coefficient (Wildman–Crippen LogP) is 4.95. The SMILES string of the molecule is COc1ccc(-c2cc(-c3cc4ccccc4nc3Cl)[nH]n2)cc1. The number of aromatic amines is 1. The zero-order valence-electron chi connectivity index (χ0n) is 13.0. The summed E-state index contributed by atoms with van der Waals surface area (Å²) in [6.45, 7) is 0. The van der Waals surface area contributed by atoms with E-state index < -0.39 is 0 Å². The highest BCUT2D eigenvalue weighted by Gasteiger charge is 2.11. The number of benzene rings is 2. The van der Waals surface area contributed by atoms with Gasteiger partial charge < -0.3 is 4.74 Å². The maximum Gasteiger partial charge on any atom is 0.139 e. The molecule has 2 aromatic heterocycles. The number of rotatable bonds is 3. The van der Waals surface area contributed by atoms with Gasteiger partial charge in [-0.15, -0.1) is 0 Å². The standard InChI is InChI=1S/C19H14ClN3O/c1-24-14-8-6-12(7-9-14)17-11-18(23-22-17)15-10-13-4-2-3-5-16(13)21-19(15)20/h2-11H,1H3,(H,22,23). The van der Waals surface area contributed by atoms with Gasteiger partial charge in [-0.3, -0.25) is 5.10 Å². The lowest BCUT2D eigenvalue weighted by molar-refractivity contribution is 0.415. The average Bonchev–Trinajstić information content (AvgIpc) is 3.11. The van der Waals surface area contributed by atoms with Crippen molar-refractivity contribution in [2.24, 2.45) is 0 Å². The van der Waals surface area contributed by atoms with Crippen LogP contribution in [0.4, 0.5) is 0 Å². The highest BCUT2D eigenvalue weighted by Crippen LogP contribution is 2.31. The van der Waals surface area contributed by atoms with Crippen LogP contribution >= 0.6 is 11.6 Å². The number of nitrogens with zero attached hydrogens (tertiary/aromatic N) is 2. The van der Waals surface area contributed by atoms with Gasteiger partial charge in [0.1, 0.15) is 10.9 Å². The van der Waals surface area contributed by atoms with Crippen molar-refractivity contribution in [1.29, 1.82) is 0 Å². The summed E-state index contributed by atoms with van der Waals surface area (Å²) in [7, 11) is 1.65. The number of ether oxygens (including phenoxy) is 1. The molecule has 0 saturated heterocycles. The van der Waals surface area contributed by atoms with Gasteiger partial charge in [-0.1, -0.05) is 29.8 Å². The zero-order chi connectivity index (χ0) is 16.5. The van der Waals surface area contributed by atoms with Crippen LogP contribution in [0.3, 0.4) is 0 Å². The molecule has 0 fully saturated rings. The molecule has 0 bridgehead atoms. The molecule has 0 spiro atoms. The van der Waals surface area contributed by atoms with E-state index in [0.29, 0.717) is 5.15 Å². The number of aromatic nitrogens is 3. The Labute approximate surface area is 144 Å². The van der Waals surface area contributed by atoms with Crippen LogP contribution in [-0.2, 0) is 0 Å². The summed E-state index contributed by atoms with van der Waals surface area (Å²) in [5, 5.41) is 8.93. The Morgan fingerprint density at radius 2 is 1.79 bits per heavy atom. The maximum absolute atomic E-state index is 6.36. The first-order valence-electron chi connectivity index (χ1n) is 7.50. The fourth-order valence-electron chi connectivity index (χ4n) is 2.65. The van der Waals surface area contributed by atoms with Crippen molar-refractivity contribution in [2.75, 3.05) is 7.11 Å². The summed E-state index contributed by atoms with van der Waals surface area (Å²) in [4.78, 5) is 4.46. The number of nitrogens with one attached hydrogen (secondary N) is 1. The summed E-state index contributed by atoms with van der Waals surface area (Å²) < 4.78 is 5.18. The number of methoxy groups -OCH3 is 1. The molecule has 0 amide bonds. The monoisotopic (exact) mass is 335 g/mol. The van der Waals surface area contributed by atoms with Gasteiger partial charge in [-0.25, -0.2) is 4.98 Å². The lowest BCUT2D eigenvalue weighted by atomic mass is 10.1. The Balaban J connectivity index is 1.75. The van der Waals surface area contributed by atoms with Crippen LogP contribution in [0, 0.1) is 0 Å². The molecule has 0 saturated carbocycles. The fraction of sp³-hybridized carbons (Fsp3) is 0.0526. The summed E-state index contributed by atoms with van der Waals surface area (Å²) in [6, 6.07) is 19.7. The van der Waals surface area contributed by atoms with Gasteiger partial charge in [-0.2, -0.15) is 5.10 Å². The third-order valence-corrected chi connectivity index (χ3v) is 4.22. The molecule has 0 aliphatic heterocycles. The summed E-state index contributed by atoms with van der Waals surface area (Å²) in [5.74, 6) is 0.816. The number of para-hydroxylation sites is 1. The van der Waals surface area contributed by atoms with E-state index in [1.54, 1.807) is 7.11 Å². The minimum Gasteiger partial charge on any atom is -0.497 e. The number of fused-ring (bicyclic) bond motifs is 1. The number of hydrogen-bond donors (Lipinski definition) is 1. The van der Waals surface area contributed by atoms with E-state index in [0.717, 1.165) is 39.2 Å². The van der Waals surface area contributed by atoms with Gasteiger partial charge in [0.2, 0.25) is 0 Å². The first kappa shape index (κ1) is 14.7. The first-order chi connectivity index (χ1) is 11.7. The van der Waals surface area contributed by atoms with E-state index >= 15 is 0 Å². The first-order valence-corrected chi connectivity index (χ1v) is 7.88.